The Kier molecular flexibility index (Phi) is 5.31. The first-order valence-corrected chi connectivity index (χ1v) is 7.11. The van der Waals surface area contributed by atoms with Crippen molar-refractivity contribution in [2.45, 2.75) is 32.1 Å². The summed E-state index contributed by atoms with van der Waals surface area (Å²) in [6, 6.07) is 5.59. The quantitative estimate of drug-likeness (QED) is 0.729. The number of fused-ring (bicyclic) bond motifs is 1. The van der Waals surface area contributed by atoms with Crippen molar-refractivity contribution in [2.24, 2.45) is 0 Å². The van der Waals surface area contributed by atoms with Crippen molar-refractivity contribution in [3.63, 3.8) is 0 Å². The molecule has 2 heterocycles. The van der Waals surface area contributed by atoms with E-state index in [0.717, 1.165) is 24.8 Å². The Morgan fingerprint density at radius 1 is 1.19 bits per heavy atom. The molecular formula is C15H19N3O3. The number of pyridine rings is 1. The van der Waals surface area contributed by atoms with Crippen LogP contribution in [0.5, 0.6) is 0 Å². The van der Waals surface area contributed by atoms with Crippen LogP contribution >= 0.6 is 0 Å². The maximum absolute atomic E-state index is 12.1. The molecule has 0 radical (unpaired) electrons. The summed E-state index contributed by atoms with van der Waals surface area (Å²) in [5, 5.41) is 15.5. The van der Waals surface area contributed by atoms with Crippen LogP contribution in [0.4, 0.5) is 0 Å². The van der Waals surface area contributed by atoms with Crippen molar-refractivity contribution >= 4 is 17.4 Å². The van der Waals surface area contributed by atoms with Gasteiger partial charge in [0, 0.05) is 19.2 Å². The number of nitrogens with one attached hydrogen (secondary N) is 1. The van der Waals surface area contributed by atoms with Crippen molar-refractivity contribution in [1.29, 1.82) is 0 Å². The Labute approximate surface area is 122 Å². The average molecular weight is 289 g/mol. The second-order valence-electron chi connectivity index (χ2n) is 4.90. The molecule has 0 bridgehead atoms. The second-order valence-corrected chi connectivity index (χ2v) is 4.90. The smallest absolute Gasteiger partial charge is 0.303 e. The molecule has 0 aliphatic carbocycles. The molecule has 0 fully saturated rings. The highest BCUT2D eigenvalue weighted by atomic mass is 16.4. The van der Waals surface area contributed by atoms with Crippen molar-refractivity contribution in [3.05, 3.63) is 36.2 Å². The van der Waals surface area contributed by atoms with E-state index in [1.54, 1.807) is 16.9 Å². The molecular weight excluding hydrogens is 270 g/mol. The van der Waals surface area contributed by atoms with E-state index in [1.165, 1.54) is 0 Å². The van der Waals surface area contributed by atoms with Crippen LogP contribution in [0.15, 0.2) is 30.6 Å². The molecule has 2 aromatic rings. The minimum absolute atomic E-state index is 0.123. The molecule has 0 spiro atoms. The molecule has 6 heteroatoms. The number of unbranched alkanes of at least 4 members (excludes halogenated alkanes) is 3. The predicted molar refractivity (Wildman–Crippen MR) is 78.2 cm³/mol. The number of carbonyl (C=O) groups excluding carboxylic acids is 1. The fraction of sp³-hybridized carbons (Fsp3) is 0.400. The maximum atomic E-state index is 12.1. The number of carboxylic acids is 1. The molecule has 0 saturated carbocycles. The molecule has 2 rings (SSSR count). The van der Waals surface area contributed by atoms with Gasteiger partial charge < -0.3 is 10.4 Å². The number of carbonyl (C=O) groups is 2. The molecule has 112 valence electrons. The van der Waals surface area contributed by atoms with Crippen LogP contribution in [0.3, 0.4) is 0 Å². The molecule has 1 amide bonds. The summed E-state index contributed by atoms with van der Waals surface area (Å²) in [4.78, 5) is 22.4. The fourth-order valence-corrected chi connectivity index (χ4v) is 2.16. The van der Waals surface area contributed by atoms with Crippen LogP contribution in [0.25, 0.3) is 5.52 Å². The van der Waals surface area contributed by atoms with Crippen molar-refractivity contribution in [1.82, 2.24) is 14.9 Å². The van der Waals surface area contributed by atoms with Gasteiger partial charge in [0.25, 0.3) is 5.91 Å². The van der Waals surface area contributed by atoms with Crippen LogP contribution in [0, 0.1) is 0 Å². The zero-order valence-corrected chi connectivity index (χ0v) is 11.8. The summed E-state index contributed by atoms with van der Waals surface area (Å²) in [7, 11) is 0. The predicted octanol–water partition coefficient (Wildman–Crippen LogP) is 2.10. The van der Waals surface area contributed by atoms with E-state index in [1.807, 2.05) is 18.2 Å². The highest BCUT2D eigenvalue weighted by Gasteiger charge is 2.11. The first kappa shape index (κ1) is 15.0. The van der Waals surface area contributed by atoms with Crippen LogP contribution in [-0.4, -0.2) is 33.1 Å². The molecule has 21 heavy (non-hydrogen) atoms. The Balaban J connectivity index is 1.71. The van der Waals surface area contributed by atoms with Gasteiger partial charge in [-0.15, -0.1) is 0 Å². The topological polar surface area (TPSA) is 83.7 Å². The highest BCUT2D eigenvalue weighted by molar-refractivity contribution is 6.00. The Morgan fingerprint density at radius 3 is 2.81 bits per heavy atom. The van der Waals surface area contributed by atoms with Gasteiger partial charge in [0.15, 0.2) is 0 Å². The van der Waals surface area contributed by atoms with Gasteiger partial charge in [-0.25, -0.2) is 4.52 Å². The normalized spacial score (nSPS) is 10.7. The lowest BCUT2D eigenvalue weighted by atomic mass is 10.1. The Morgan fingerprint density at radius 2 is 2.00 bits per heavy atom. The summed E-state index contributed by atoms with van der Waals surface area (Å²) < 4.78 is 1.67. The molecule has 0 unspecified atom stereocenters. The SMILES string of the molecule is O=C(O)CCCCCCNC(=O)c1cnn2ccccc12. The fourth-order valence-electron chi connectivity index (χ4n) is 2.16. The molecule has 2 N–H and O–H groups in total. The zero-order chi connectivity index (χ0) is 15.1. The maximum Gasteiger partial charge on any atom is 0.303 e. The number of aromatic nitrogens is 2. The number of amides is 1. The van der Waals surface area contributed by atoms with Crippen molar-refractivity contribution in [2.75, 3.05) is 6.54 Å². The lowest BCUT2D eigenvalue weighted by Crippen LogP contribution is -2.24. The third-order valence-corrected chi connectivity index (χ3v) is 3.27. The van der Waals surface area contributed by atoms with Crippen LogP contribution in [0.2, 0.25) is 0 Å². The molecule has 0 saturated heterocycles. The van der Waals surface area contributed by atoms with Crippen molar-refractivity contribution in [3.8, 4) is 0 Å². The Hall–Kier alpha value is -2.37. The number of rotatable bonds is 8. The Bertz CT molecular complexity index is 621. The summed E-state index contributed by atoms with van der Waals surface area (Å²) in [5.41, 5.74) is 1.36. The summed E-state index contributed by atoms with van der Waals surface area (Å²) in [6.45, 7) is 0.593. The number of nitrogens with zero attached hydrogens (tertiary/aromatic N) is 2. The molecule has 0 aromatic carbocycles. The third kappa shape index (κ3) is 4.30. The largest absolute Gasteiger partial charge is 0.481 e. The minimum Gasteiger partial charge on any atom is -0.481 e. The van der Waals surface area contributed by atoms with E-state index < -0.39 is 5.97 Å². The van der Waals surface area contributed by atoms with E-state index in [9.17, 15) is 9.59 Å². The van der Waals surface area contributed by atoms with E-state index in [-0.39, 0.29) is 12.3 Å². The molecule has 6 nitrogen and oxygen atoms in total. The average Bonchev–Trinajstić information content (AvgIpc) is 2.89. The summed E-state index contributed by atoms with van der Waals surface area (Å²) >= 11 is 0. The molecule has 2 aromatic heterocycles. The first-order chi connectivity index (χ1) is 10.2. The minimum atomic E-state index is -0.753. The molecule has 0 atom stereocenters. The number of aliphatic carboxylic acids is 1. The number of hydrogen-bond acceptors (Lipinski definition) is 3. The van der Waals surface area contributed by atoms with E-state index in [0.29, 0.717) is 18.5 Å². The van der Waals surface area contributed by atoms with Gasteiger partial charge >= 0.3 is 5.97 Å². The van der Waals surface area contributed by atoms with Gasteiger partial charge in [0.1, 0.15) is 0 Å². The number of hydrogen-bond donors (Lipinski definition) is 2. The third-order valence-electron chi connectivity index (χ3n) is 3.27. The first-order valence-electron chi connectivity index (χ1n) is 7.11. The molecule has 0 aliphatic heterocycles. The van der Waals surface area contributed by atoms with Crippen LogP contribution < -0.4 is 5.32 Å². The van der Waals surface area contributed by atoms with Crippen molar-refractivity contribution < 1.29 is 14.7 Å². The number of carboxylic acid groups (broad SMARTS) is 1. The van der Waals surface area contributed by atoms with Gasteiger partial charge in [0.2, 0.25) is 0 Å². The van der Waals surface area contributed by atoms with Gasteiger partial charge in [-0.1, -0.05) is 18.9 Å². The van der Waals surface area contributed by atoms with E-state index >= 15 is 0 Å². The summed E-state index contributed by atoms with van der Waals surface area (Å²) in [6.07, 6.45) is 6.92. The van der Waals surface area contributed by atoms with Gasteiger partial charge in [0.05, 0.1) is 17.3 Å². The van der Waals surface area contributed by atoms with Gasteiger partial charge in [-0.05, 0) is 25.0 Å². The highest BCUT2D eigenvalue weighted by Crippen LogP contribution is 2.09. The zero-order valence-electron chi connectivity index (χ0n) is 11.8. The molecule has 0 aliphatic rings. The monoisotopic (exact) mass is 289 g/mol. The van der Waals surface area contributed by atoms with Crippen LogP contribution in [-0.2, 0) is 4.79 Å². The van der Waals surface area contributed by atoms with Crippen LogP contribution in [0.1, 0.15) is 42.5 Å². The van der Waals surface area contributed by atoms with Gasteiger partial charge in [-0.2, -0.15) is 5.10 Å². The standard InChI is InChI=1S/C15H19N3O3/c19-14(20)8-3-1-2-5-9-16-15(21)12-11-17-18-10-6-4-7-13(12)18/h4,6-7,10-11H,1-3,5,8-9H2,(H,16,21)(H,19,20). The van der Waals surface area contributed by atoms with E-state index in [2.05, 4.69) is 10.4 Å². The second kappa shape index (κ2) is 7.42. The van der Waals surface area contributed by atoms with Gasteiger partial charge in [-0.3, -0.25) is 9.59 Å². The lowest BCUT2D eigenvalue weighted by Gasteiger charge is -2.04. The summed E-state index contributed by atoms with van der Waals surface area (Å²) in [5.74, 6) is -0.877. The lowest BCUT2D eigenvalue weighted by molar-refractivity contribution is -0.137. The van der Waals surface area contributed by atoms with E-state index in [4.69, 9.17) is 5.11 Å².